The monoisotopic (exact) mass is 577 g/mol. The zero-order chi connectivity index (χ0) is 29.7. The maximum absolute atomic E-state index is 11.2. The van der Waals surface area contributed by atoms with E-state index in [1.54, 1.807) is 20.8 Å². The van der Waals surface area contributed by atoms with Gasteiger partial charge >= 0.3 is 5.82 Å². The van der Waals surface area contributed by atoms with E-state index in [2.05, 4.69) is 80.3 Å². The lowest BCUT2D eigenvalue weighted by Gasteiger charge is -2.20. The standard InChI is InChI=1S/C29H35N7O6/c1-5-8-25-30-26(29(3,4)38)23(16-39-35-40-17-24-18(2)41-28(37)42-24)36(25)15-19-11-13-20(14-12-19)21-9-6-7-10-22(21)27-31-33-34-32-27/h6-7,9,11-14,22,35,38H,5,8,10,15-17H2,1-4H3,(H,31,32,33,34). The van der Waals surface area contributed by atoms with Gasteiger partial charge in [0, 0.05) is 13.0 Å². The summed E-state index contributed by atoms with van der Waals surface area (Å²) >= 11 is 0. The molecule has 5 rings (SSSR count). The maximum Gasteiger partial charge on any atom is 0.519 e. The second kappa shape index (κ2) is 12.8. The predicted octanol–water partition coefficient (Wildman–Crippen LogP) is 3.76. The van der Waals surface area contributed by atoms with Crippen molar-refractivity contribution in [3.8, 4) is 0 Å². The van der Waals surface area contributed by atoms with Crippen LogP contribution in [0.5, 0.6) is 0 Å². The molecule has 1 atom stereocenters. The van der Waals surface area contributed by atoms with Crippen molar-refractivity contribution in [3.05, 3.63) is 98.8 Å². The summed E-state index contributed by atoms with van der Waals surface area (Å²) in [7, 11) is 0. The highest BCUT2D eigenvalue weighted by molar-refractivity contribution is 5.73. The van der Waals surface area contributed by atoms with E-state index in [1.165, 1.54) is 0 Å². The summed E-state index contributed by atoms with van der Waals surface area (Å²) in [6, 6.07) is 8.38. The summed E-state index contributed by atoms with van der Waals surface area (Å²) in [4.78, 5) is 27.0. The number of rotatable bonds is 13. The number of aliphatic hydroxyl groups is 1. The summed E-state index contributed by atoms with van der Waals surface area (Å²) in [5.41, 5.74) is 5.77. The van der Waals surface area contributed by atoms with E-state index in [0.717, 1.165) is 47.5 Å². The highest BCUT2D eigenvalue weighted by atomic mass is 16.9. The van der Waals surface area contributed by atoms with Crippen LogP contribution < -0.4 is 11.5 Å². The first-order chi connectivity index (χ1) is 20.2. The molecule has 1 aliphatic rings. The van der Waals surface area contributed by atoms with Crippen LogP contribution in [-0.2, 0) is 41.5 Å². The van der Waals surface area contributed by atoms with E-state index < -0.39 is 11.4 Å². The highest BCUT2D eigenvalue weighted by Gasteiger charge is 2.28. The first kappa shape index (κ1) is 29.3. The van der Waals surface area contributed by atoms with Gasteiger partial charge < -0.3 is 18.5 Å². The lowest BCUT2D eigenvalue weighted by atomic mass is 9.86. The van der Waals surface area contributed by atoms with Crippen molar-refractivity contribution in [1.29, 1.82) is 0 Å². The molecule has 0 spiro atoms. The fraction of sp³-hybridized carbons (Fsp3) is 0.414. The van der Waals surface area contributed by atoms with Gasteiger partial charge in [0.25, 0.3) is 0 Å². The van der Waals surface area contributed by atoms with Crippen LogP contribution >= 0.6 is 0 Å². The van der Waals surface area contributed by atoms with E-state index in [0.29, 0.717) is 23.8 Å². The van der Waals surface area contributed by atoms with Crippen molar-refractivity contribution in [2.24, 2.45) is 0 Å². The number of hydrogen-bond acceptors (Lipinski definition) is 11. The largest absolute Gasteiger partial charge is 0.519 e. The number of imidazole rings is 1. The molecule has 0 saturated carbocycles. The van der Waals surface area contributed by atoms with Crippen LogP contribution in [0.4, 0.5) is 0 Å². The number of nitrogens with one attached hydrogen (secondary N) is 2. The van der Waals surface area contributed by atoms with Gasteiger partial charge in [-0.15, -0.1) is 10.2 Å². The van der Waals surface area contributed by atoms with E-state index in [4.69, 9.17) is 23.5 Å². The Morgan fingerprint density at radius 3 is 2.64 bits per heavy atom. The first-order valence-corrected chi connectivity index (χ1v) is 13.8. The SMILES string of the molecule is CCCc1nc(C(C)(C)O)c(CONOCc2oc(=O)oc2C)n1Cc1ccc(C2=CC=CCC2c2nn[nH]n2)cc1. The third-order valence-corrected chi connectivity index (χ3v) is 7.03. The summed E-state index contributed by atoms with van der Waals surface area (Å²) < 4.78 is 11.8. The van der Waals surface area contributed by atoms with Crippen molar-refractivity contribution in [2.45, 2.75) is 78.2 Å². The summed E-state index contributed by atoms with van der Waals surface area (Å²) in [5.74, 6) is 1.36. The zero-order valence-electron chi connectivity index (χ0n) is 24.1. The molecular weight excluding hydrogens is 542 g/mol. The van der Waals surface area contributed by atoms with E-state index in [1.807, 2.05) is 0 Å². The maximum atomic E-state index is 11.2. The van der Waals surface area contributed by atoms with Crippen LogP contribution in [0.15, 0.2) is 56.1 Å². The molecule has 0 amide bonds. The third-order valence-electron chi connectivity index (χ3n) is 7.03. The molecule has 0 saturated heterocycles. The van der Waals surface area contributed by atoms with Crippen LogP contribution in [0.1, 0.15) is 85.2 Å². The van der Waals surface area contributed by atoms with Crippen molar-refractivity contribution < 1.29 is 23.6 Å². The van der Waals surface area contributed by atoms with Crippen LogP contribution in [0.3, 0.4) is 0 Å². The first-order valence-electron chi connectivity index (χ1n) is 13.8. The minimum atomic E-state index is -1.19. The minimum absolute atomic E-state index is 0.0330. The van der Waals surface area contributed by atoms with Gasteiger partial charge in [-0.05, 0) is 50.3 Å². The average molecular weight is 578 g/mol. The van der Waals surface area contributed by atoms with Gasteiger partial charge in [-0.3, -0.25) is 9.68 Å². The number of benzene rings is 1. The van der Waals surface area contributed by atoms with Crippen LogP contribution in [0.25, 0.3) is 5.57 Å². The quantitative estimate of drug-likeness (QED) is 0.156. The smallest absolute Gasteiger partial charge is 0.396 e. The van der Waals surface area contributed by atoms with Gasteiger partial charge in [-0.25, -0.2) is 9.78 Å². The minimum Gasteiger partial charge on any atom is -0.396 e. The van der Waals surface area contributed by atoms with Gasteiger partial charge in [0.1, 0.15) is 30.4 Å². The molecular formula is C29H35N7O6. The molecule has 4 aromatic rings. The number of H-pyrrole nitrogens is 1. The van der Waals surface area contributed by atoms with Crippen molar-refractivity contribution in [2.75, 3.05) is 0 Å². The molecule has 13 heteroatoms. The average Bonchev–Trinajstić information content (AvgIpc) is 3.69. The van der Waals surface area contributed by atoms with Crippen molar-refractivity contribution in [1.82, 2.24) is 35.8 Å². The summed E-state index contributed by atoms with van der Waals surface area (Å²) in [5, 5.41) is 25.6. The number of aromatic nitrogens is 6. The lowest BCUT2D eigenvalue weighted by molar-refractivity contribution is -0.188. The van der Waals surface area contributed by atoms with Crippen LogP contribution in [0, 0.1) is 6.92 Å². The summed E-state index contributed by atoms with van der Waals surface area (Å²) in [6.07, 6.45) is 8.67. The molecule has 1 aromatic carbocycles. The van der Waals surface area contributed by atoms with E-state index in [9.17, 15) is 9.90 Å². The number of hydrogen-bond donors (Lipinski definition) is 3. The number of aryl methyl sites for hydroxylation is 2. The molecule has 13 nitrogen and oxygen atoms in total. The summed E-state index contributed by atoms with van der Waals surface area (Å²) in [6.45, 7) is 7.63. The number of aromatic amines is 1. The highest BCUT2D eigenvalue weighted by Crippen LogP contribution is 2.36. The Morgan fingerprint density at radius 1 is 1.19 bits per heavy atom. The Morgan fingerprint density at radius 2 is 1.98 bits per heavy atom. The molecule has 3 N–H and O–H groups in total. The molecule has 42 heavy (non-hydrogen) atoms. The zero-order valence-corrected chi connectivity index (χ0v) is 24.1. The normalized spacial score (nSPS) is 15.4. The molecule has 0 radical (unpaired) electrons. The van der Waals surface area contributed by atoms with Gasteiger partial charge in [0.2, 0.25) is 0 Å². The molecule has 1 aliphatic carbocycles. The van der Waals surface area contributed by atoms with Gasteiger partial charge in [0.15, 0.2) is 11.6 Å². The number of tetrazole rings is 1. The Kier molecular flexibility index (Phi) is 8.92. The molecule has 1 unspecified atom stereocenters. The third kappa shape index (κ3) is 6.65. The second-order valence-electron chi connectivity index (χ2n) is 10.6. The van der Waals surface area contributed by atoms with Gasteiger partial charge in [-0.1, -0.05) is 60.3 Å². The molecule has 3 heterocycles. The van der Waals surface area contributed by atoms with Crippen molar-refractivity contribution >= 4 is 5.57 Å². The topological polar surface area (TPSA) is 166 Å². The molecule has 3 aromatic heterocycles. The Balaban J connectivity index is 1.34. The second-order valence-corrected chi connectivity index (χ2v) is 10.6. The Bertz CT molecular complexity index is 1590. The predicted molar refractivity (Wildman–Crippen MR) is 150 cm³/mol. The molecule has 0 fully saturated rings. The van der Waals surface area contributed by atoms with Gasteiger partial charge in [0.05, 0.1) is 17.3 Å². The van der Waals surface area contributed by atoms with Crippen molar-refractivity contribution in [3.63, 3.8) is 0 Å². The van der Waals surface area contributed by atoms with Crippen LogP contribution in [-0.4, -0.2) is 35.3 Å². The molecule has 0 bridgehead atoms. The van der Waals surface area contributed by atoms with Crippen LogP contribution in [0.2, 0.25) is 0 Å². The lowest BCUT2D eigenvalue weighted by Crippen LogP contribution is -2.22. The van der Waals surface area contributed by atoms with E-state index in [-0.39, 0.29) is 24.9 Å². The Labute approximate surface area is 242 Å². The van der Waals surface area contributed by atoms with E-state index >= 15 is 0 Å². The fourth-order valence-corrected chi connectivity index (χ4v) is 4.99. The Hall–Kier alpha value is -4.17. The molecule has 222 valence electrons. The molecule has 0 aliphatic heterocycles. The van der Waals surface area contributed by atoms with Gasteiger partial charge in [-0.2, -0.15) is 5.21 Å². The fourth-order valence-electron chi connectivity index (χ4n) is 4.99. The number of allylic oxidation sites excluding steroid dienone is 4. The number of nitrogens with zero attached hydrogens (tertiary/aromatic N) is 5.